The largest absolute Gasteiger partial charge is 0.333 e. The highest BCUT2D eigenvalue weighted by Gasteiger charge is 2.27. The maximum absolute atomic E-state index is 11.9. The van der Waals surface area contributed by atoms with E-state index in [9.17, 15) is 8.42 Å². The SMILES string of the molecule is O=S(=O)(/C=C/c1ccccc1)NCCn1ccnc1C1CC1. The van der Waals surface area contributed by atoms with Gasteiger partial charge in [-0.05, 0) is 24.5 Å². The summed E-state index contributed by atoms with van der Waals surface area (Å²) in [5.74, 6) is 1.63. The van der Waals surface area contributed by atoms with Crippen molar-refractivity contribution in [3.05, 3.63) is 59.5 Å². The van der Waals surface area contributed by atoms with Gasteiger partial charge in [0.1, 0.15) is 5.82 Å². The van der Waals surface area contributed by atoms with Crippen LogP contribution < -0.4 is 4.72 Å². The number of imidazole rings is 1. The first-order valence-corrected chi connectivity index (χ1v) is 8.92. The molecule has 0 atom stereocenters. The van der Waals surface area contributed by atoms with Crippen molar-refractivity contribution in [1.82, 2.24) is 14.3 Å². The molecule has 1 aromatic heterocycles. The Balaban J connectivity index is 1.54. The predicted octanol–water partition coefficient (Wildman–Crippen LogP) is 2.35. The Morgan fingerprint density at radius 2 is 2.05 bits per heavy atom. The minimum absolute atomic E-state index is 0.359. The fourth-order valence-electron chi connectivity index (χ4n) is 2.30. The number of rotatable bonds is 7. The Kier molecular flexibility index (Phi) is 4.40. The predicted molar refractivity (Wildman–Crippen MR) is 86.6 cm³/mol. The van der Waals surface area contributed by atoms with Gasteiger partial charge in [0.2, 0.25) is 10.0 Å². The summed E-state index contributed by atoms with van der Waals surface area (Å²) in [6.07, 6.45) is 7.64. The summed E-state index contributed by atoms with van der Waals surface area (Å²) in [6.45, 7) is 0.960. The third-order valence-corrected chi connectivity index (χ3v) is 4.69. The lowest BCUT2D eigenvalue weighted by Gasteiger charge is -2.07. The van der Waals surface area contributed by atoms with Crippen LogP contribution in [0.2, 0.25) is 0 Å². The summed E-state index contributed by atoms with van der Waals surface area (Å²) in [6, 6.07) is 9.36. The van der Waals surface area contributed by atoms with Gasteiger partial charge in [0.15, 0.2) is 0 Å². The fourth-order valence-corrected chi connectivity index (χ4v) is 3.11. The van der Waals surface area contributed by atoms with Gasteiger partial charge in [-0.15, -0.1) is 0 Å². The summed E-state index contributed by atoms with van der Waals surface area (Å²) in [5, 5.41) is 1.21. The van der Waals surface area contributed by atoms with Crippen molar-refractivity contribution in [1.29, 1.82) is 0 Å². The summed E-state index contributed by atoms with van der Waals surface area (Å²) in [7, 11) is -3.41. The molecule has 0 bridgehead atoms. The molecule has 0 unspecified atom stereocenters. The van der Waals surface area contributed by atoms with Crippen molar-refractivity contribution in [3.8, 4) is 0 Å². The van der Waals surface area contributed by atoms with Crippen molar-refractivity contribution < 1.29 is 8.42 Å². The molecule has 1 aliphatic carbocycles. The summed E-state index contributed by atoms with van der Waals surface area (Å²) < 4.78 is 28.5. The van der Waals surface area contributed by atoms with Crippen LogP contribution in [-0.4, -0.2) is 24.5 Å². The van der Waals surface area contributed by atoms with Crippen molar-refractivity contribution in [2.45, 2.75) is 25.3 Å². The van der Waals surface area contributed by atoms with E-state index in [-0.39, 0.29) is 0 Å². The van der Waals surface area contributed by atoms with Gasteiger partial charge in [-0.1, -0.05) is 30.3 Å². The standard InChI is InChI=1S/C16H19N3O2S/c20-22(21,13-8-14-4-2-1-3-5-14)18-10-12-19-11-9-17-16(19)15-6-7-15/h1-5,8-9,11,13,15,18H,6-7,10,12H2/b13-8+. The van der Waals surface area contributed by atoms with Crippen molar-refractivity contribution in [3.63, 3.8) is 0 Å². The minimum atomic E-state index is -3.41. The Morgan fingerprint density at radius 1 is 1.27 bits per heavy atom. The van der Waals surface area contributed by atoms with Crippen LogP contribution in [0.15, 0.2) is 48.1 Å². The number of nitrogens with zero attached hydrogens (tertiary/aromatic N) is 2. The molecule has 0 aliphatic heterocycles. The summed E-state index contributed by atoms with van der Waals surface area (Å²) in [5.41, 5.74) is 0.860. The summed E-state index contributed by atoms with van der Waals surface area (Å²) in [4.78, 5) is 4.34. The molecule has 1 saturated carbocycles. The molecule has 22 heavy (non-hydrogen) atoms. The minimum Gasteiger partial charge on any atom is -0.333 e. The van der Waals surface area contributed by atoms with E-state index in [2.05, 4.69) is 9.71 Å². The summed E-state index contributed by atoms with van der Waals surface area (Å²) >= 11 is 0. The first-order valence-electron chi connectivity index (χ1n) is 7.38. The maximum atomic E-state index is 11.9. The van der Waals surface area contributed by atoms with Crippen LogP contribution in [0.25, 0.3) is 6.08 Å². The molecule has 1 aromatic carbocycles. The first-order chi connectivity index (χ1) is 10.6. The second-order valence-electron chi connectivity index (χ2n) is 5.41. The van der Waals surface area contributed by atoms with Gasteiger partial charge in [0.25, 0.3) is 0 Å². The molecule has 116 valence electrons. The molecule has 1 fully saturated rings. The molecule has 1 N–H and O–H groups in total. The van der Waals surface area contributed by atoms with Crippen molar-refractivity contribution in [2.24, 2.45) is 0 Å². The van der Waals surface area contributed by atoms with E-state index in [0.717, 1.165) is 11.4 Å². The van der Waals surface area contributed by atoms with Crippen molar-refractivity contribution in [2.75, 3.05) is 6.54 Å². The van der Waals surface area contributed by atoms with E-state index in [4.69, 9.17) is 0 Å². The van der Waals surface area contributed by atoms with E-state index < -0.39 is 10.0 Å². The van der Waals surface area contributed by atoms with E-state index in [1.807, 2.05) is 41.1 Å². The number of nitrogens with one attached hydrogen (secondary N) is 1. The molecule has 6 heteroatoms. The quantitative estimate of drug-likeness (QED) is 0.852. The number of benzene rings is 1. The third-order valence-electron chi connectivity index (χ3n) is 3.59. The lowest BCUT2D eigenvalue weighted by molar-refractivity contribution is 0.577. The highest BCUT2D eigenvalue weighted by atomic mass is 32.2. The monoisotopic (exact) mass is 317 g/mol. The van der Waals surface area contributed by atoms with Gasteiger partial charge in [-0.2, -0.15) is 0 Å². The molecule has 0 saturated heterocycles. The number of hydrogen-bond acceptors (Lipinski definition) is 3. The van der Waals surface area contributed by atoms with Crippen LogP contribution in [0.1, 0.15) is 30.1 Å². The third kappa shape index (κ3) is 4.05. The fraction of sp³-hybridized carbons (Fsp3) is 0.312. The van der Waals surface area contributed by atoms with Gasteiger partial charge >= 0.3 is 0 Å². The molecule has 2 aromatic rings. The van der Waals surface area contributed by atoms with E-state index in [1.165, 1.54) is 18.2 Å². The zero-order valence-electron chi connectivity index (χ0n) is 12.2. The Labute approximate surface area is 130 Å². The Morgan fingerprint density at radius 3 is 2.77 bits per heavy atom. The zero-order chi connectivity index (χ0) is 15.4. The molecule has 1 heterocycles. The number of hydrogen-bond donors (Lipinski definition) is 1. The smallest absolute Gasteiger partial charge is 0.233 e. The van der Waals surface area contributed by atoms with Crippen LogP contribution in [0.5, 0.6) is 0 Å². The topological polar surface area (TPSA) is 64.0 Å². The highest BCUT2D eigenvalue weighted by molar-refractivity contribution is 7.92. The second-order valence-corrected chi connectivity index (χ2v) is 7.06. The number of sulfonamides is 1. The lowest BCUT2D eigenvalue weighted by Crippen LogP contribution is -2.25. The average molecular weight is 317 g/mol. The van der Waals surface area contributed by atoms with Crippen LogP contribution in [0, 0.1) is 0 Å². The van der Waals surface area contributed by atoms with Gasteiger partial charge in [0.05, 0.1) is 0 Å². The van der Waals surface area contributed by atoms with Crippen molar-refractivity contribution >= 4 is 16.1 Å². The van der Waals surface area contributed by atoms with E-state index in [1.54, 1.807) is 12.3 Å². The molecular formula is C16H19N3O2S. The molecule has 1 aliphatic rings. The highest BCUT2D eigenvalue weighted by Crippen LogP contribution is 2.38. The normalized spacial score (nSPS) is 15.5. The van der Waals surface area contributed by atoms with Crippen LogP contribution in [0.3, 0.4) is 0 Å². The van der Waals surface area contributed by atoms with E-state index in [0.29, 0.717) is 19.0 Å². The van der Waals surface area contributed by atoms with Gasteiger partial charge < -0.3 is 4.57 Å². The lowest BCUT2D eigenvalue weighted by atomic mass is 10.2. The average Bonchev–Trinajstić information content (AvgIpc) is 3.26. The first kappa shape index (κ1) is 15.0. The maximum Gasteiger partial charge on any atom is 0.233 e. The van der Waals surface area contributed by atoms with Crippen LogP contribution in [-0.2, 0) is 16.6 Å². The molecular weight excluding hydrogens is 298 g/mol. The molecule has 3 rings (SSSR count). The zero-order valence-corrected chi connectivity index (χ0v) is 13.0. The Bertz CT molecular complexity index is 747. The molecule has 5 nitrogen and oxygen atoms in total. The van der Waals surface area contributed by atoms with Gasteiger partial charge in [0, 0.05) is 36.8 Å². The Hall–Kier alpha value is -1.92. The number of aromatic nitrogens is 2. The van der Waals surface area contributed by atoms with E-state index >= 15 is 0 Å². The van der Waals surface area contributed by atoms with Crippen LogP contribution in [0.4, 0.5) is 0 Å². The molecule has 0 radical (unpaired) electrons. The molecule has 0 amide bonds. The van der Waals surface area contributed by atoms with Crippen LogP contribution >= 0.6 is 0 Å². The molecule has 0 spiro atoms. The van der Waals surface area contributed by atoms with Gasteiger partial charge in [-0.25, -0.2) is 18.1 Å². The van der Waals surface area contributed by atoms with Gasteiger partial charge in [-0.3, -0.25) is 0 Å². The second kappa shape index (κ2) is 6.46.